The van der Waals surface area contributed by atoms with E-state index in [1.807, 2.05) is 0 Å². The highest BCUT2D eigenvalue weighted by molar-refractivity contribution is 7.89. The number of hydrogen-bond donors (Lipinski definition) is 1. The van der Waals surface area contributed by atoms with Crippen LogP contribution in [0.4, 0.5) is 0 Å². The van der Waals surface area contributed by atoms with Gasteiger partial charge in [-0.1, -0.05) is 0 Å². The molecule has 1 fully saturated rings. The standard InChI is InChI=1S/C12H25N3O3S/c1-5-19(17,18)13-10(2)12(16)15(4)9-8-14(3)11-6-7-11/h10-11,13H,5-9H2,1-4H3/t10-/m0/s1. The molecule has 0 aromatic rings. The van der Waals surface area contributed by atoms with Gasteiger partial charge in [-0.15, -0.1) is 0 Å². The maximum atomic E-state index is 12.0. The summed E-state index contributed by atoms with van der Waals surface area (Å²) in [7, 11) is 0.423. The fourth-order valence-corrected chi connectivity index (χ4v) is 2.66. The molecule has 0 saturated heterocycles. The predicted octanol–water partition coefficient (Wildman–Crippen LogP) is -0.133. The minimum absolute atomic E-state index is 0.0151. The van der Waals surface area contributed by atoms with Gasteiger partial charge >= 0.3 is 0 Å². The van der Waals surface area contributed by atoms with E-state index in [0.29, 0.717) is 12.6 Å². The summed E-state index contributed by atoms with van der Waals surface area (Å²) >= 11 is 0. The normalized spacial score (nSPS) is 17.5. The Hall–Kier alpha value is -0.660. The number of nitrogens with one attached hydrogen (secondary N) is 1. The lowest BCUT2D eigenvalue weighted by Crippen LogP contribution is -2.47. The Morgan fingerprint density at radius 2 is 1.89 bits per heavy atom. The van der Waals surface area contributed by atoms with E-state index in [2.05, 4.69) is 16.7 Å². The van der Waals surface area contributed by atoms with E-state index in [9.17, 15) is 13.2 Å². The number of likely N-dealkylation sites (N-methyl/N-ethyl adjacent to an activating group) is 2. The van der Waals surface area contributed by atoms with Crippen LogP contribution in [0.15, 0.2) is 0 Å². The fraction of sp³-hybridized carbons (Fsp3) is 0.917. The molecule has 1 atom stereocenters. The highest BCUT2D eigenvalue weighted by Gasteiger charge is 2.27. The maximum absolute atomic E-state index is 12.0. The summed E-state index contributed by atoms with van der Waals surface area (Å²) in [5, 5.41) is 0. The molecule has 0 bridgehead atoms. The SMILES string of the molecule is CCS(=O)(=O)N[C@@H](C)C(=O)N(C)CCN(C)C1CC1. The fourth-order valence-electron chi connectivity index (χ4n) is 1.85. The average Bonchev–Trinajstić information content (AvgIpc) is 3.18. The molecule has 1 aliphatic carbocycles. The van der Waals surface area contributed by atoms with E-state index in [-0.39, 0.29) is 11.7 Å². The van der Waals surface area contributed by atoms with Crippen molar-refractivity contribution in [1.29, 1.82) is 0 Å². The Morgan fingerprint density at radius 3 is 2.37 bits per heavy atom. The molecule has 1 rings (SSSR count). The van der Waals surface area contributed by atoms with E-state index in [1.54, 1.807) is 25.8 Å². The van der Waals surface area contributed by atoms with Gasteiger partial charge in [0, 0.05) is 26.2 Å². The lowest BCUT2D eigenvalue weighted by atomic mass is 10.3. The largest absolute Gasteiger partial charge is 0.343 e. The van der Waals surface area contributed by atoms with Gasteiger partial charge in [0.25, 0.3) is 0 Å². The zero-order chi connectivity index (χ0) is 14.6. The van der Waals surface area contributed by atoms with Crippen LogP contribution < -0.4 is 4.72 Å². The molecule has 7 heteroatoms. The monoisotopic (exact) mass is 291 g/mol. The Kier molecular flexibility index (Phi) is 5.76. The molecular formula is C12H25N3O3S. The maximum Gasteiger partial charge on any atom is 0.240 e. The van der Waals surface area contributed by atoms with Crippen LogP contribution in [0.25, 0.3) is 0 Å². The molecule has 0 aromatic carbocycles. The first-order valence-corrected chi connectivity index (χ1v) is 8.37. The van der Waals surface area contributed by atoms with Crippen LogP contribution >= 0.6 is 0 Å². The Bertz CT molecular complexity index is 406. The molecule has 0 heterocycles. The van der Waals surface area contributed by atoms with Gasteiger partial charge in [-0.25, -0.2) is 13.1 Å². The molecule has 1 amide bonds. The zero-order valence-corrected chi connectivity index (χ0v) is 13.0. The third-order valence-corrected chi connectivity index (χ3v) is 4.91. The van der Waals surface area contributed by atoms with Crippen molar-refractivity contribution in [3.63, 3.8) is 0 Å². The Balaban J connectivity index is 2.37. The molecule has 0 aliphatic heterocycles. The van der Waals surface area contributed by atoms with Gasteiger partial charge in [-0.2, -0.15) is 0 Å². The predicted molar refractivity (Wildman–Crippen MR) is 75.3 cm³/mol. The van der Waals surface area contributed by atoms with Crippen molar-refractivity contribution in [2.45, 2.75) is 38.8 Å². The molecule has 0 spiro atoms. The summed E-state index contributed by atoms with van der Waals surface area (Å²) in [5.74, 6) is -0.208. The van der Waals surface area contributed by atoms with Crippen LogP contribution in [0, 0.1) is 0 Å². The highest BCUT2D eigenvalue weighted by atomic mass is 32.2. The lowest BCUT2D eigenvalue weighted by Gasteiger charge is -2.24. The summed E-state index contributed by atoms with van der Waals surface area (Å²) in [6, 6.07) is -0.0410. The molecule has 0 aromatic heterocycles. The van der Waals surface area contributed by atoms with Crippen molar-refractivity contribution in [2.75, 3.05) is 32.9 Å². The molecule has 19 heavy (non-hydrogen) atoms. The second kappa shape index (κ2) is 6.67. The minimum atomic E-state index is -3.34. The van der Waals surface area contributed by atoms with Crippen molar-refractivity contribution < 1.29 is 13.2 Å². The van der Waals surface area contributed by atoms with Gasteiger partial charge in [0.05, 0.1) is 11.8 Å². The van der Waals surface area contributed by atoms with Crippen LogP contribution in [-0.4, -0.2) is 69.1 Å². The smallest absolute Gasteiger partial charge is 0.240 e. The number of carbonyl (C=O) groups excluding carboxylic acids is 1. The Labute approximate surface area is 116 Å². The molecule has 0 unspecified atom stereocenters. The topological polar surface area (TPSA) is 69.7 Å². The van der Waals surface area contributed by atoms with Gasteiger partial charge in [0.15, 0.2) is 0 Å². The second-order valence-corrected chi connectivity index (χ2v) is 7.26. The molecule has 6 nitrogen and oxygen atoms in total. The molecule has 1 aliphatic rings. The van der Waals surface area contributed by atoms with E-state index in [4.69, 9.17) is 0 Å². The van der Waals surface area contributed by atoms with Gasteiger partial charge in [-0.3, -0.25) is 4.79 Å². The lowest BCUT2D eigenvalue weighted by molar-refractivity contribution is -0.131. The molecule has 1 saturated carbocycles. The molecule has 1 N–H and O–H groups in total. The van der Waals surface area contributed by atoms with Crippen molar-refractivity contribution >= 4 is 15.9 Å². The third-order valence-electron chi connectivity index (χ3n) is 3.44. The molecular weight excluding hydrogens is 266 g/mol. The summed E-state index contributed by atoms with van der Waals surface area (Å²) in [4.78, 5) is 15.8. The first-order valence-electron chi connectivity index (χ1n) is 6.72. The molecule has 0 radical (unpaired) electrons. The van der Waals surface area contributed by atoms with E-state index in [1.165, 1.54) is 12.8 Å². The number of sulfonamides is 1. The zero-order valence-electron chi connectivity index (χ0n) is 12.2. The minimum Gasteiger partial charge on any atom is -0.343 e. The van der Waals surface area contributed by atoms with E-state index >= 15 is 0 Å². The van der Waals surface area contributed by atoms with Gasteiger partial charge < -0.3 is 9.80 Å². The second-order valence-electron chi connectivity index (χ2n) is 5.21. The van der Waals surface area contributed by atoms with Crippen LogP contribution in [-0.2, 0) is 14.8 Å². The summed E-state index contributed by atoms with van der Waals surface area (Å²) in [6.07, 6.45) is 2.47. The van der Waals surface area contributed by atoms with Crippen molar-refractivity contribution in [1.82, 2.24) is 14.5 Å². The molecule has 112 valence electrons. The summed E-state index contributed by atoms with van der Waals surface area (Å²) in [5.41, 5.74) is 0. The van der Waals surface area contributed by atoms with Gasteiger partial charge in [-0.05, 0) is 33.7 Å². The number of amides is 1. The van der Waals surface area contributed by atoms with Crippen LogP contribution in [0.5, 0.6) is 0 Å². The number of rotatable bonds is 8. The first kappa shape index (κ1) is 16.4. The van der Waals surface area contributed by atoms with Crippen molar-refractivity contribution in [2.24, 2.45) is 0 Å². The van der Waals surface area contributed by atoms with Crippen molar-refractivity contribution in [3.05, 3.63) is 0 Å². The van der Waals surface area contributed by atoms with Crippen LogP contribution in [0.1, 0.15) is 26.7 Å². The van der Waals surface area contributed by atoms with Gasteiger partial charge in [0.2, 0.25) is 15.9 Å². The first-order chi connectivity index (χ1) is 8.76. The quantitative estimate of drug-likeness (QED) is 0.676. The van der Waals surface area contributed by atoms with Crippen LogP contribution in [0.3, 0.4) is 0 Å². The number of nitrogens with zero attached hydrogens (tertiary/aromatic N) is 2. The summed E-state index contributed by atoms with van der Waals surface area (Å²) < 4.78 is 25.2. The third kappa shape index (κ3) is 5.46. The number of hydrogen-bond acceptors (Lipinski definition) is 4. The van der Waals surface area contributed by atoms with Crippen molar-refractivity contribution in [3.8, 4) is 0 Å². The van der Waals surface area contributed by atoms with Gasteiger partial charge in [0.1, 0.15) is 0 Å². The van der Waals surface area contributed by atoms with E-state index in [0.717, 1.165) is 6.54 Å². The van der Waals surface area contributed by atoms with Crippen LogP contribution in [0.2, 0.25) is 0 Å². The number of carbonyl (C=O) groups is 1. The Morgan fingerprint density at radius 1 is 1.32 bits per heavy atom. The highest BCUT2D eigenvalue weighted by Crippen LogP contribution is 2.24. The summed E-state index contributed by atoms with van der Waals surface area (Å²) in [6.45, 7) is 4.56. The van der Waals surface area contributed by atoms with E-state index < -0.39 is 16.1 Å². The average molecular weight is 291 g/mol.